The molecule has 1 aromatic rings. The van der Waals surface area contributed by atoms with E-state index in [1.165, 1.54) is 18.3 Å². The molecule has 0 fully saturated rings. The molecular weight excluding hydrogens is 256 g/mol. The maximum atomic E-state index is 11.5. The highest BCUT2D eigenvalue weighted by atomic mass is 32.2. The van der Waals surface area contributed by atoms with Crippen molar-refractivity contribution in [2.45, 2.75) is 19.1 Å². The summed E-state index contributed by atoms with van der Waals surface area (Å²) in [5.74, 6) is -0.847. The van der Waals surface area contributed by atoms with E-state index in [0.717, 1.165) is 0 Å². The molecule has 0 atom stereocenters. The Morgan fingerprint density at radius 2 is 2.11 bits per heavy atom. The third-order valence-electron chi connectivity index (χ3n) is 2.31. The Labute approximate surface area is 106 Å². The van der Waals surface area contributed by atoms with Crippen LogP contribution in [0.15, 0.2) is 18.3 Å². The standard InChI is InChI=1S/C11H16N2O4S/c1-8(2)18(15,16)6-5-17-11(14)10-4-3-9(12)7-13-10/h3-4,7-8H,5-6,12H2,1-2H3. The first-order valence-corrected chi connectivity index (χ1v) is 7.14. The molecule has 2 N–H and O–H groups in total. The lowest BCUT2D eigenvalue weighted by Crippen LogP contribution is -2.22. The van der Waals surface area contributed by atoms with Crippen molar-refractivity contribution in [2.24, 2.45) is 0 Å². The van der Waals surface area contributed by atoms with Crippen LogP contribution in [0.4, 0.5) is 5.69 Å². The first-order chi connectivity index (χ1) is 8.33. The van der Waals surface area contributed by atoms with Crippen LogP contribution < -0.4 is 5.73 Å². The van der Waals surface area contributed by atoms with Gasteiger partial charge in [-0.15, -0.1) is 0 Å². The molecule has 1 rings (SSSR count). The molecule has 6 nitrogen and oxygen atoms in total. The number of aromatic nitrogens is 1. The molecule has 0 bridgehead atoms. The van der Waals surface area contributed by atoms with Gasteiger partial charge in [0.2, 0.25) is 0 Å². The van der Waals surface area contributed by atoms with Gasteiger partial charge in [-0.2, -0.15) is 0 Å². The van der Waals surface area contributed by atoms with E-state index in [1.807, 2.05) is 0 Å². The summed E-state index contributed by atoms with van der Waals surface area (Å²) in [6, 6.07) is 2.95. The number of nitrogens with zero attached hydrogens (tertiary/aromatic N) is 1. The van der Waals surface area contributed by atoms with Crippen LogP contribution in [0.25, 0.3) is 0 Å². The topological polar surface area (TPSA) is 99.4 Å². The molecule has 0 aliphatic heterocycles. The van der Waals surface area contributed by atoms with E-state index < -0.39 is 21.1 Å². The van der Waals surface area contributed by atoms with E-state index in [4.69, 9.17) is 10.5 Å². The molecule has 0 aliphatic rings. The fraction of sp³-hybridized carbons (Fsp3) is 0.455. The summed E-state index contributed by atoms with van der Waals surface area (Å²) in [4.78, 5) is 15.3. The second kappa shape index (κ2) is 5.81. The molecule has 100 valence electrons. The van der Waals surface area contributed by atoms with Crippen LogP contribution in [0.3, 0.4) is 0 Å². The number of hydrogen-bond donors (Lipinski definition) is 1. The summed E-state index contributed by atoms with van der Waals surface area (Å²) < 4.78 is 27.8. The predicted octanol–water partition coefficient (Wildman–Crippen LogP) is 0.644. The molecular formula is C11H16N2O4S. The number of sulfone groups is 1. The SMILES string of the molecule is CC(C)S(=O)(=O)CCOC(=O)c1ccc(N)cn1. The van der Waals surface area contributed by atoms with Crippen molar-refractivity contribution in [2.75, 3.05) is 18.1 Å². The van der Waals surface area contributed by atoms with Crippen LogP contribution in [0.5, 0.6) is 0 Å². The second-order valence-corrected chi connectivity index (χ2v) is 6.71. The Kier molecular flexibility index (Phi) is 4.66. The van der Waals surface area contributed by atoms with Gasteiger partial charge < -0.3 is 10.5 Å². The van der Waals surface area contributed by atoms with E-state index >= 15 is 0 Å². The van der Waals surface area contributed by atoms with Crippen LogP contribution in [-0.4, -0.2) is 37.0 Å². The number of anilines is 1. The van der Waals surface area contributed by atoms with Crippen molar-refractivity contribution in [3.05, 3.63) is 24.0 Å². The van der Waals surface area contributed by atoms with Crippen molar-refractivity contribution >= 4 is 21.5 Å². The van der Waals surface area contributed by atoms with Crippen LogP contribution in [0.2, 0.25) is 0 Å². The average Bonchev–Trinajstić information content (AvgIpc) is 2.29. The minimum Gasteiger partial charge on any atom is -0.460 e. The highest BCUT2D eigenvalue weighted by Gasteiger charge is 2.17. The molecule has 7 heteroatoms. The van der Waals surface area contributed by atoms with Gasteiger partial charge in [0.25, 0.3) is 0 Å². The quantitative estimate of drug-likeness (QED) is 0.790. The van der Waals surface area contributed by atoms with E-state index in [9.17, 15) is 13.2 Å². The van der Waals surface area contributed by atoms with E-state index in [0.29, 0.717) is 5.69 Å². The maximum Gasteiger partial charge on any atom is 0.356 e. The summed E-state index contributed by atoms with van der Waals surface area (Å²) in [7, 11) is -3.20. The average molecular weight is 272 g/mol. The first-order valence-electron chi connectivity index (χ1n) is 5.43. The molecule has 18 heavy (non-hydrogen) atoms. The lowest BCUT2D eigenvalue weighted by Gasteiger charge is -2.08. The van der Waals surface area contributed by atoms with Gasteiger partial charge in [-0.05, 0) is 26.0 Å². The summed E-state index contributed by atoms with van der Waals surface area (Å²) in [6.07, 6.45) is 1.33. The van der Waals surface area contributed by atoms with Crippen LogP contribution in [-0.2, 0) is 14.6 Å². The van der Waals surface area contributed by atoms with E-state index in [-0.39, 0.29) is 18.1 Å². The Balaban J connectivity index is 2.50. The largest absolute Gasteiger partial charge is 0.460 e. The van der Waals surface area contributed by atoms with Crippen molar-refractivity contribution < 1.29 is 17.9 Å². The van der Waals surface area contributed by atoms with Gasteiger partial charge in [-0.3, -0.25) is 0 Å². The van der Waals surface area contributed by atoms with Crippen LogP contribution in [0, 0.1) is 0 Å². The number of carbonyl (C=O) groups is 1. The first kappa shape index (κ1) is 14.4. The number of nitrogens with two attached hydrogens (primary N) is 1. The lowest BCUT2D eigenvalue weighted by atomic mass is 10.3. The normalized spacial score (nSPS) is 11.5. The Bertz CT molecular complexity index is 508. The minimum absolute atomic E-state index is 0.103. The van der Waals surface area contributed by atoms with Gasteiger partial charge in [0.05, 0.1) is 22.9 Å². The minimum atomic E-state index is -3.20. The van der Waals surface area contributed by atoms with Crippen molar-refractivity contribution in [3.63, 3.8) is 0 Å². The molecule has 0 aromatic carbocycles. The van der Waals surface area contributed by atoms with Gasteiger partial charge in [0, 0.05) is 0 Å². The number of nitrogen functional groups attached to an aromatic ring is 1. The fourth-order valence-corrected chi connectivity index (χ4v) is 1.87. The molecule has 0 amide bonds. The van der Waals surface area contributed by atoms with Crippen LogP contribution >= 0.6 is 0 Å². The molecule has 0 saturated carbocycles. The molecule has 0 unspecified atom stereocenters. The third kappa shape index (κ3) is 3.99. The number of carbonyl (C=O) groups excluding carboxylic acids is 1. The van der Waals surface area contributed by atoms with Gasteiger partial charge in [-0.25, -0.2) is 18.2 Å². The van der Waals surface area contributed by atoms with Crippen molar-refractivity contribution in [3.8, 4) is 0 Å². The zero-order valence-corrected chi connectivity index (χ0v) is 11.1. The highest BCUT2D eigenvalue weighted by Crippen LogP contribution is 2.04. The third-order valence-corrected chi connectivity index (χ3v) is 4.49. The molecule has 1 aromatic heterocycles. The number of ether oxygens (including phenoxy) is 1. The second-order valence-electron chi connectivity index (χ2n) is 4.03. The Morgan fingerprint density at radius 3 is 2.61 bits per heavy atom. The highest BCUT2D eigenvalue weighted by molar-refractivity contribution is 7.91. The van der Waals surface area contributed by atoms with Gasteiger partial charge in [-0.1, -0.05) is 0 Å². The Morgan fingerprint density at radius 1 is 1.44 bits per heavy atom. The molecule has 1 heterocycles. The smallest absolute Gasteiger partial charge is 0.356 e. The molecule has 0 aliphatic carbocycles. The number of rotatable bonds is 5. The molecule has 0 radical (unpaired) electrons. The number of pyridine rings is 1. The summed E-state index contributed by atoms with van der Waals surface area (Å²) >= 11 is 0. The predicted molar refractivity (Wildman–Crippen MR) is 67.9 cm³/mol. The maximum absolute atomic E-state index is 11.5. The van der Waals surface area contributed by atoms with Crippen molar-refractivity contribution in [1.82, 2.24) is 4.98 Å². The summed E-state index contributed by atoms with van der Waals surface area (Å²) in [5.41, 5.74) is 5.97. The molecule has 0 spiro atoms. The summed E-state index contributed by atoms with van der Waals surface area (Å²) in [6.45, 7) is 2.99. The van der Waals surface area contributed by atoms with E-state index in [1.54, 1.807) is 13.8 Å². The van der Waals surface area contributed by atoms with Gasteiger partial charge in [0.1, 0.15) is 12.3 Å². The van der Waals surface area contributed by atoms with Gasteiger partial charge >= 0.3 is 5.97 Å². The monoisotopic (exact) mass is 272 g/mol. The number of esters is 1. The van der Waals surface area contributed by atoms with Gasteiger partial charge in [0.15, 0.2) is 9.84 Å². The van der Waals surface area contributed by atoms with Crippen molar-refractivity contribution in [1.29, 1.82) is 0 Å². The number of hydrogen-bond acceptors (Lipinski definition) is 6. The summed E-state index contributed by atoms with van der Waals surface area (Å²) in [5, 5.41) is -0.481. The van der Waals surface area contributed by atoms with Crippen LogP contribution in [0.1, 0.15) is 24.3 Å². The Hall–Kier alpha value is -1.63. The lowest BCUT2D eigenvalue weighted by molar-refractivity contribution is 0.0522. The van der Waals surface area contributed by atoms with E-state index in [2.05, 4.69) is 4.98 Å². The zero-order valence-electron chi connectivity index (χ0n) is 10.3. The fourth-order valence-electron chi connectivity index (χ4n) is 1.09. The zero-order chi connectivity index (χ0) is 13.8. The molecule has 0 saturated heterocycles.